The number of halogens is 1. The first-order valence-corrected chi connectivity index (χ1v) is 5.78. The Morgan fingerprint density at radius 3 is 2.53 bits per heavy atom. The first-order valence-electron chi connectivity index (χ1n) is 5.40. The molecule has 0 aliphatic heterocycles. The van der Waals surface area contributed by atoms with Crippen LogP contribution in [0.4, 0.5) is 0 Å². The number of nitrogens with zero attached hydrogens (tertiary/aromatic N) is 1. The van der Waals surface area contributed by atoms with Crippen molar-refractivity contribution in [1.82, 2.24) is 4.90 Å². The van der Waals surface area contributed by atoms with Crippen LogP contribution in [0.25, 0.3) is 6.08 Å². The molecule has 0 atom stereocenters. The third kappa shape index (κ3) is 5.28. The molecule has 1 aromatic carbocycles. The topological polar surface area (TPSA) is 57.6 Å². The molecule has 1 amide bonds. The van der Waals surface area contributed by atoms with E-state index < -0.39 is 18.4 Å². The average molecular weight is 278 g/mol. The van der Waals surface area contributed by atoms with Gasteiger partial charge in [-0.3, -0.25) is 9.59 Å². The lowest BCUT2D eigenvalue weighted by Gasteiger charge is -2.15. The Labute approximate surface area is 116 Å². The van der Waals surface area contributed by atoms with Crippen molar-refractivity contribution in [3.63, 3.8) is 0 Å². The van der Waals surface area contributed by atoms with Gasteiger partial charge >= 0.3 is 5.97 Å². The largest absolute Gasteiger partial charge is 0.480 e. The number of amides is 1. The third-order valence-corrected chi connectivity index (χ3v) is 2.46. The highest BCUT2D eigenvalue weighted by Crippen LogP contribution is 2.10. The van der Waals surface area contributed by atoms with Crippen LogP contribution in [-0.4, -0.2) is 35.0 Å². The molecule has 1 N–H and O–H groups in total. The maximum Gasteiger partial charge on any atom is 0.323 e. The number of hydrogen-bond donors (Lipinski definition) is 1. The summed E-state index contributed by atoms with van der Waals surface area (Å²) in [5.74, 6) is 0.693. The molecule has 5 heteroatoms. The molecule has 0 radical (unpaired) electrons. The standard InChI is InChI=1S/C14H12ClNO3/c1-2-9-16(10-14(18)19)13(17)8-5-11-3-6-12(15)7-4-11/h1,3-8H,9-10H2,(H,18,19). The summed E-state index contributed by atoms with van der Waals surface area (Å²) in [5.41, 5.74) is 0.786. The number of carbonyl (C=O) groups excluding carboxylic acids is 1. The van der Waals surface area contributed by atoms with Crippen LogP contribution in [0, 0.1) is 12.3 Å². The van der Waals surface area contributed by atoms with E-state index in [-0.39, 0.29) is 6.54 Å². The lowest BCUT2D eigenvalue weighted by atomic mass is 10.2. The highest BCUT2D eigenvalue weighted by molar-refractivity contribution is 6.30. The summed E-state index contributed by atoms with van der Waals surface area (Å²) in [5, 5.41) is 9.27. The minimum atomic E-state index is -1.11. The van der Waals surface area contributed by atoms with Crippen molar-refractivity contribution in [2.24, 2.45) is 0 Å². The molecule has 0 aliphatic carbocycles. The average Bonchev–Trinajstić information content (AvgIpc) is 2.37. The number of aliphatic carboxylic acids is 1. The Kier molecular flexibility index (Phi) is 5.65. The van der Waals surface area contributed by atoms with Crippen molar-refractivity contribution in [2.75, 3.05) is 13.1 Å². The fraction of sp³-hybridized carbons (Fsp3) is 0.143. The van der Waals surface area contributed by atoms with E-state index in [0.717, 1.165) is 10.5 Å². The molecule has 4 nitrogen and oxygen atoms in total. The van der Waals surface area contributed by atoms with Crippen molar-refractivity contribution in [3.8, 4) is 12.3 Å². The molecule has 0 fully saturated rings. The molecular weight excluding hydrogens is 266 g/mol. The molecule has 0 heterocycles. The number of rotatable bonds is 5. The smallest absolute Gasteiger partial charge is 0.323 e. The highest BCUT2D eigenvalue weighted by Gasteiger charge is 2.12. The molecular formula is C14H12ClNO3. The van der Waals surface area contributed by atoms with Crippen LogP contribution in [-0.2, 0) is 9.59 Å². The molecule has 0 aliphatic rings. The monoisotopic (exact) mass is 277 g/mol. The SMILES string of the molecule is C#CCN(CC(=O)O)C(=O)C=Cc1ccc(Cl)cc1. The van der Waals surface area contributed by atoms with Crippen LogP contribution in [0.3, 0.4) is 0 Å². The second-order valence-corrected chi connectivity index (χ2v) is 4.11. The molecule has 98 valence electrons. The first-order chi connectivity index (χ1) is 9.02. The van der Waals surface area contributed by atoms with Gasteiger partial charge in [-0.1, -0.05) is 29.7 Å². The summed E-state index contributed by atoms with van der Waals surface area (Å²) >= 11 is 5.74. The van der Waals surface area contributed by atoms with E-state index in [2.05, 4.69) is 5.92 Å². The second-order valence-electron chi connectivity index (χ2n) is 3.68. The van der Waals surface area contributed by atoms with Gasteiger partial charge < -0.3 is 10.0 Å². The fourth-order valence-corrected chi connectivity index (χ4v) is 1.46. The van der Waals surface area contributed by atoms with E-state index in [1.54, 1.807) is 30.3 Å². The van der Waals surface area contributed by atoms with Crippen molar-refractivity contribution in [1.29, 1.82) is 0 Å². The van der Waals surface area contributed by atoms with Crippen molar-refractivity contribution >= 4 is 29.6 Å². The summed E-state index contributed by atoms with van der Waals surface area (Å²) in [6.07, 6.45) is 7.95. The second kappa shape index (κ2) is 7.24. The van der Waals surface area contributed by atoms with Gasteiger partial charge in [0.1, 0.15) is 6.54 Å². The molecule has 0 bridgehead atoms. The van der Waals surface area contributed by atoms with Crippen LogP contribution in [0.15, 0.2) is 30.3 Å². The Morgan fingerprint density at radius 1 is 1.37 bits per heavy atom. The van der Waals surface area contributed by atoms with Gasteiger partial charge in [0.2, 0.25) is 5.91 Å². The minimum Gasteiger partial charge on any atom is -0.480 e. The maximum atomic E-state index is 11.8. The van der Waals surface area contributed by atoms with Gasteiger partial charge in [-0.15, -0.1) is 6.42 Å². The lowest BCUT2D eigenvalue weighted by Crippen LogP contribution is -2.34. The zero-order valence-electron chi connectivity index (χ0n) is 10.0. The van der Waals surface area contributed by atoms with E-state index in [9.17, 15) is 9.59 Å². The Hall–Kier alpha value is -2.25. The van der Waals surface area contributed by atoms with Gasteiger partial charge in [-0.2, -0.15) is 0 Å². The Balaban J connectivity index is 2.73. The molecule has 0 unspecified atom stereocenters. The van der Waals surface area contributed by atoms with E-state index in [1.165, 1.54) is 6.08 Å². The van der Waals surface area contributed by atoms with Gasteiger partial charge in [0.15, 0.2) is 0 Å². The number of carboxylic acids is 1. The predicted octanol–water partition coefficient (Wildman–Crippen LogP) is 1.90. The molecule has 0 aromatic heterocycles. The van der Waals surface area contributed by atoms with E-state index >= 15 is 0 Å². The summed E-state index contributed by atoms with van der Waals surface area (Å²) in [6, 6.07) is 6.88. The Bertz CT molecular complexity index is 529. The zero-order chi connectivity index (χ0) is 14.3. The number of terminal acetylenes is 1. The quantitative estimate of drug-likeness (QED) is 0.661. The third-order valence-electron chi connectivity index (χ3n) is 2.21. The van der Waals surface area contributed by atoms with Crippen LogP contribution in [0.1, 0.15) is 5.56 Å². The van der Waals surface area contributed by atoms with Crippen molar-refractivity contribution < 1.29 is 14.7 Å². The van der Waals surface area contributed by atoms with Gasteiger partial charge in [0, 0.05) is 11.1 Å². The molecule has 1 rings (SSSR count). The van der Waals surface area contributed by atoms with Gasteiger partial charge in [0.25, 0.3) is 0 Å². The number of carbonyl (C=O) groups is 2. The summed E-state index contributed by atoms with van der Waals surface area (Å²) in [4.78, 5) is 23.4. The predicted molar refractivity (Wildman–Crippen MR) is 73.5 cm³/mol. The van der Waals surface area contributed by atoms with E-state index in [0.29, 0.717) is 5.02 Å². The number of carboxylic acid groups (broad SMARTS) is 1. The van der Waals surface area contributed by atoms with Gasteiger partial charge in [0.05, 0.1) is 6.54 Å². The molecule has 0 saturated heterocycles. The maximum absolute atomic E-state index is 11.8. The van der Waals surface area contributed by atoms with E-state index in [1.807, 2.05) is 0 Å². The van der Waals surface area contributed by atoms with Crippen LogP contribution < -0.4 is 0 Å². The zero-order valence-corrected chi connectivity index (χ0v) is 10.8. The normalized spacial score (nSPS) is 10.1. The van der Waals surface area contributed by atoms with Crippen LogP contribution in [0.2, 0.25) is 5.02 Å². The molecule has 1 aromatic rings. The van der Waals surface area contributed by atoms with E-state index in [4.69, 9.17) is 23.1 Å². The number of hydrogen-bond acceptors (Lipinski definition) is 2. The summed E-state index contributed by atoms with van der Waals surface area (Å²) < 4.78 is 0. The molecule has 0 spiro atoms. The van der Waals surface area contributed by atoms with Gasteiger partial charge in [-0.25, -0.2) is 0 Å². The first kappa shape index (κ1) is 14.8. The fourth-order valence-electron chi connectivity index (χ4n) is 1.33. The van der Waals surface area contributed by atoms with Crippen molar-refractivity contribution in [3.05, 3.63) is 40.9 Å². The molecule has 19 heavy (non-hydrogen) atoms. The lowest BCUT2D eigenvalue weighted by molar-refractivity contribution is -0.142. The summed E-state index contributed by atoms with van der Waals surface area (Å²) in [6.45, 7) is -0.468. The summed E-state index contributed by atoms with van der Waals surface area (Å²) in [7, 11) is 0. The van der Waals surface area contributed by atoms with Crippen molar-refractivity contribution in [2.45, 2.75) is 0 Å². The van der Waals surface area contributed by atoms with Crippen LogP contribution in [0.5, 0.6) is 0 Å². The Morgan fingerprint density at radius 2 is 2.00 bits per heavy atom. The minimum absolute atomic E-state index is 0.0455. The highest BCUT2D eigenvalue weighted by atomic mass is 35.5. The van der Waals surface area contributed by atoms with Gasteiger partial charge in [-0.05, 0) is 23.8 Å². The number of benzene rings is 1. The van der Waals surface area contributed by atoms with Crippen LogP contribution >= 0.6 is 11.6 Å². The molecule has 0 saturated carbocycles.